The normalized spacial score (nSPS) is 15.5. The highest BCUT2D eigenvalue weighted by Crippen LogP contribution is 2.33. The lowest BCUT2D eigenvalue weighted by Gasteiger charge is -2.24. The van der Waals surface area contributed by atoms with Crippen LogP contribution in [-0.4, -0.2) is 21.0 Å². The summed E-state index contributed by atoms with van der Waals surface area (Å²) in [6.45, 7) is 2.87. The van der Waals surface area contributed by atoms with Gasteiger partial charge in [-0.3, -0.25) is 4.31 Å². The molecule has 0 saturated heterocycles. The summed E-state index contributed by atoms with van der Waals surface area (Å²) >= 11 is 0. The number of nitrogens with two attached hydrogens (primary N) is 1. The number of nitrogens with one attached hydrogen (secondary N) is 1. The van der Waals surface area contributed by atoms with Crippen LogP contribution < -0.4 is 14.8 Å². The van der Waals surface area contributed by atoms with E-state index in [0.29, 0.717) is 18.8 Å². The Labute approximate surface area is 115 Å². The maximum atomic E-state index is 12.3. The summed E-state index contributed by atoms with van der Waals surface area (Å²) in [6.07, 6.45) is 2.63. The van der Waals surface area contributed by atoms with Gasteiger partial charge in [-0.2, -0.15) is 13.1 Å². The Bertz CT molecular complexity index is 509. The number of benzene rings is 1. The molecular formula is C13H21N3O2S. The molecule has 2 rings (SSSR count). The summed E-state index contributed by atoms with van der Waals surface area (Å²) in [6, 6.07) is 7.50. The Kier molecular flexibility index (Phi) is 4.44. The van der Waals surface area contributed by atoms with E-state index < -0.39 is 10.2 Å². The van der Waals surface area contributed by atoms with Crippen LogP contribution in [0.1, 0.15) is 31.7 Å². The van der Waals surface area contributed by atoms with Crippen LogP contribution in [0, 0.1) is 0 Å². The third-order valence-electron chi connectivity index (χ3n) is 3.10. The van der Waals surface area contributed by atoms with Crippen molar-refractivity contribution < 1.29 is 8.42 Å². The van der Waals surface area contributed by atoms with E-state index in [0.717, 1.165) is 24.8 Å². The molecule has 19 heavy (non-hydrogen) atoms. The van der Waals surface area contributed by atoms with Crippen molar-refractivity contribution in [3.8, 4) is 0 Å². The van der Waals surface area contributed by atoms with Gasteiger partial charge >= 0.3 is 10.2 Å². The van der Waals surface area contributed by atoms with Crippen LogP contribution in [0.3, 0.4) is 0 Å². The van der Waals surface area contributed by atoms with Gasteiger partial charge in [0.05, 0.1) is 5.69 Å². The van der Waals surface area contributed by atoms with Crippen molar-refractivity contribution in [2.24, 2.45) is 5.73 Å². The summed E-state index contributed by atoms with van der Waals surface area (Å²) in [5.41, 5.74) is 7.27. The van der Waals surface area contributed by atoms with E-state index in [1.807, 2.05) is 31.2 Å². The number of nitrogens with zero attached hydrogens (tertiary/aromatic N) is 1. The highest BCUT2D eigenvalue weighted by molar-refractivity contribution is 7.90. The highest BCUT2D eigenvalue weighted by Gasteiger charge is 2.37. The lowest BCUT2D eigenvalue weighted by Crippen LogP contribution is -2.42. The molecule has 0 radical (unpaired) electrons. The Balaban J connectivity index is 2.24. The topological polar surface area (TPSA) is 75.4 Å². The predicted molar refractivity (Wildman–Crippen MR) is 77.0 cm³/mol. The van der Waals surface area contributed by atoms with Crippen LogP contribution >= 0.6 is 0 Å². The Morgan fingerprint density at radius 3 is 2.42 bits per heavy atom. The molecule has 0 bridgehead atoms. The van der Waals surface area contributed by atoms with Crippen molar-refractivity contribution in [1.82, 2.24) is 4.72 Å². The van der Waals surface area contributed by atoms with Crippen molar-refractivity contribution in [3.63, 3.8) is 0 Å². The Morgan fingerprint density at radius 2 is 1.95 bits per heavy atom. The van der Waals surface area contributed by atoms with Gasteiger partial charge in [-0.15, -0.1) is 0 Å². The molecular weight excluding hydrogens is 262 g/mol. The van der Waals surface area contributed by atoms with Gasteiger partial charge in [0.15, 0.2) is 0 Å². The first-order valence-electron chi connectivity index (χ1n) is 6.66. The zero-order valence-electron chi connectivity index (χ0n) is 11.2. The summed E-state index contributed by atoms with van der Waals surface area (Å²) in [4.78, 5) is 0. The van der Waals surface area contributed by atoms with Crippen molar-refractivity contribution in [2.45, 2.75) is 38.8 Å². The fourth-order valence-electron chi connectivity index (χ4n) is 1.93. The second-order valence-electron chi connectivity index (χ2n) is 4.80. The first-order valence-corrected chi connectivity index (χ1v) is 8.10. The molecule has 1 fully saturated rings. The number of rotatable bonds is 7. The molecule has 1 aliphatic carbocycles. The molecule has 106 valence electrons. The van der Waals surface area contributed by atoms with E-state index in [9.17, 15) is 8.42 Å². The third kappa shape index (κ3) is 3.46. The third-order valence-corrected chi connectivity index (χ3v) is 4.69. The predicted octanol–water partition coefficient (Wildman–Crippen LogP) is 1.36. The lowest BCUT2D eigenvalue weighted by atomic mass is 10.2. The average Bonchev–Trinajstić information content (AvgIpc) is 3.22. The van der Waals surface area contributed by atoms with Gasteiger partial charge in [-0.1, -0.05) is 19.1 Å². The molecule has 1 saturated carbocycles. The number of hydrogen-bond donors (Lipinski definition) is 2. The molecule has 0 unspecified atom stereocenters. The van der Waals surface area contributed by atoms with Gasteiger partial charge in [0.1, 0.15) is 0 Å². The van der Waals surface area contributed by atoms with Gasteiger partial charge < -0.3 is 5.73 Å². The van der Waals surface area contributed by atoms with Gasteiger partial charge in [0.2, 0.25) is 0 Å². The van der Waals surface area contributed by atoms with E-state index in [2.05, 4.69) is 4.72 Å². The van der Waals surface area contributed by atoms with Gasteiger partial charge in [0.25, 0.3) is 0 Å². The monoisotopic (exact) mass is 283 g/mol. The number of hydrogen-bond acceptors (Lipinski definition) is 3. The molecule has 5 nitrogen and oxygen atoms in total. The quantitative estimate of drug-likeness (QED) is 0.793. The minimum Gasteiger partial charge on any atom is -0.326 e. The van der Waals surface area contributed by atoms with Crippen molar-refractivity contribution >= 4 is 15.9 Å². The summed E-state index contributed by atoms with van der Waals surface area (Å²) in [5, 5.41) is 0. The minimum atomic E-state index is -3.44. The minimum absolute atomic E-state index is 0.0954. The maximum Gasteiger partial charge on any atom is 0.301 e. The van der Waals surface area contributed by atoms with Crippen molar-refractivity contribution in [3.05, 3.63) is 29.8 Å². The Morgan fingerprint density at radius 1 is 1.32 bits per heavy atom. The second-order valence-corrected chi connectivity index (χ2v) is 6.43. The zero-order valence-corrected chi connectivity index (χ0v) is 12.0. The fraction of sp³-hybridized carbons (Fsp3) is 0.538. The van der Waals surface area contributed by atoms with E-state index in [-0.39, 0.29) is 6.04 Å². The standard InChI is InChI=1S/C13H21N3O2S/c1-2-9-15-19(17,18)16(13-7-8-13)12-5-3-11(10-14)4-6-12/h3-6,13,15H,2,7-10,14H2,1H3. The molecule has 3 N–H and O–H groups in total. The van der Waals surface area contributed by atoms with E-state index >= 15 is 0 Å². The van der Waals surface area contributed by atoms with Crippen LogP contribution in [0.2, 0.25) is 0 Å². The SMILES string of the molecule is CCCNS(=O)(=O)N(c1ccc(CN)cc1)C1CC1. The number of anilines is 1. The largest absolute Gasteiger partial charge is 0.326 e. The van der Waals surface area contributed by atoms with Crippen LogP contribution in [0.25, 0.3) is 0 Å². The van der Waals surface area contributed by atoms with E-state index in [1.54, 1.807) is 0 Å². The summed E-state index contributed by atoms with van der Waals surface area (Å²) in [7, 11) is -3.44. The molecule has 1 aliphatic rings. The highest BCUT2D eigenvalue weighted by atomic mass is 32.2. The van der Waals surface area contributed by atoms with E-state index in [1.165, 1.54) is 4.31 Å². The first kappa shape index (κ1) is 14.3. The summed E-state index contributed by atoms with van der Waals surface area (Å²) < 4.78 is 28.8. The Hall–Kier alpha value is -1.11. The molecule has 0 spiro atoms. The molecule has 0 aromatic heterocycles. The van der Waals surface area contributed by atoms with Gasteiger partial charge in [-0.05, 0) is 37.0 Å². The fourth-order valence-corrected chi connectivity index (χ4v) is 3.54. The average molecular weight is 283 g/mol. The smallest absolute Gasteiger partial charge is 0.301 e. The first-order chi connectivity index (χ1) is 9.08. The van der Waals surface area contributed by atoms with Gasteiger partial charge in [-0.25, -0.2) is 0 Å². The maximum absolute atomic E-state index is 12.3. The zero-order chi connectivity index (χ0) is 13.9. The summed E-state index contributed by atoms with van der Waals surface area (Å²) in [5.74, 6) is 0. The molecule has 0 atom stereocenters. The van der Waals surface area contributed by atoms with Crippen LogP contribution in [0.4, 0.5) is 5.69 Å². The van der Waals surface area contributed by atoms with Crippen LogP contribution in [-0.2, 0) is 16.8 Å². The second kappa shape index (κ2) is 5.90. The molecule has 1 aromatic carbocycles. The van der Waals surface area contributed by atoms with Crippen LogP contribution in [0.5, 0.6) is 0 Å². The van der Waals surface area contributed by atoms with Crippen molar-refractivity contribution in [2.75, 3.05) is 10.8 Å². The molecule has 0 heterocycles. The molecule has 0 amide bonds. The molecule has 0 aliphatic heterocycles. The van der Waals surface area contributed by atoms with E-state index in [4.69, 9.17) is 5.73 Å². The molecule has 6 heteroatoms. The van der Waals surface area contributed by atoms with Crippen molar-refractivity contribution in [1.29, 1.82) is 0 Å². The molecule has 1 aromatic rings. The van der Waals surface area contributed by atoms with Gasteiger partial charge in [0, 0.05) is 19.1 Å². The van der Waals surface area contributed by atoms with Crippen LogP contribution in [0.15, 0.2) is 24.3 Å². The lowest BCUT2D eigenvalue weighted by molar-refractivity contribution is 0.575.